The van der Waals surface area contributed by atoms with Crippen LogP contribution in [0.25, 0.3) is 0 Å². The molecule has 0 saturated carbocycles. The predicted molar refractivity (Wildman–Crippen MR) is 79.0 cm³/mol. The Bertz CT molecular complexity index is 371. The summed E-state index contributed by atoms with van der Waals surface area (Å²) in [6.07, 6.45) is 7.27. The standard InChI is InChI=1S/C16H23ClO2/c1-2-16(13-19-16)11-5-3-4-6-12-18-15-9-7-14(17)8-10-15/h7-10H,2-6,11-13H2,1H3. The fraction of sp³-hybridized carbons (Fsp3) is 0.625. The largest absolute Gasteiger partial charge is 0.494 e. The Morgan fingerprint density at radius 3 is 2.47 bits per heavy atom. The molecule has 1 fully saturated rings. The smallest absolute Gasteiger partial charge is 0.119 e. The van der Waals surface area contributed by atoms with Crippen molar-refractivity contribution in [1.29, 1.82) is 0 Å². The van der Waals surface area contributed by atoms with Crippen molar-refractivity contribution in [2.45, 2.75) is 51.0 Å². The molecule has 2 rings (SSSR count). The third-order valence-electron chi connectivity index (χ3n) is 3.81. The molecular weight excluding hydrogens is 260 g/mol. The van der Waals surface area contributed by atoms with E-state index in [1.807, 2.05) is 24.3 Å². The monoisotopic (exact) mass is 282 g/mol. The molecular formula is C16H23ClO2. The predicted octanol–water partition coefficient (Wildman–Crippen LogP) is 4.85. The molecule has 1 aromatic carbocycles. The van der Waals surface area contributed by atoms with Crippen molar-refractivity contribution in [2.75, 3.05) is 13.2 Å². The van der Waals surface area contributed by atoms with Crippen molar-refractivity contribution in [3.8, 4) is 5.75 Å². The molecule has 19 heavy (non-hydrogen) atoms. The minimum absolute atomic E-state index is 0.264. The van der Waals surface area contributed by atoms with E-state index in [9.17, 15) is 0 Å². The first-order chi connectivity index (χ1) is 9.24. The highest BCUT2D eigenvalue weighted by atomic mass is 35.5. The molecule has 106 valence electrons. The van der Waals surface area contributed by atoms with Crippen molar-refractivity contribution >= 4 is 11.6 Å². The molecule has 1 atom stereocenters. The van der Waals surface area contributed by atoms with Gasteiger partial charge in [-0.05, 0) is 43.5 Å². The summed E-state index contributed by atoms with van der Waals surface area (Å²) in [5, 5.41) is 0.750. The maximum atomic E-state index is 5.82. The third-order valence-corrected chi connectivity index (χ3v) is 4.06. The van der Waals surface area contributed by atoms with Crippen LogP contribution in [0.3, 0.4) is 0 Å². The van der Waals surface area contributed by atoms with Gasteiger partial charge in [-0.1, -0.05) is 37.8 Å². The van der Waals surface area contributed by atoms with Gasteiger partial charge in [-0.15, -0.1) is 0 Å². The molecule has 0 N–H and O–H groups in total. The lowest BCUT2D eigenvalue weighted by Crippen LogP contribution is -2.08. The zero-order valence-electron chi connectivity index (χ0n) is 11.7. The third kappa shape index (κ3) is 5.04. The molecule has 1 saturated heterocycles. The van der Waals surface area contributed by atoms with Crippen LogP contribution < -0.4 is 4.74 Å². The van der Waals surface area contributed by atoms with Gasteiger partial charge >= 0.3 is 0 Å². The Morgan fingerprint density at radius 2 is 1.84 bits per heavy atom. The van der Waals surface area contributed by atoms with Crippen LogP contribution in [0.5, 0.6) is 5.75 Å². The first-order valence-corrected chi connectivity index (χ1v) is 7.64. The number of halogens is 1. The zero-order valence-corrected chi connectivity index (χ0v) is 12.4. The van der Waals surface area contributed by atoms with Crippen molar-refractivity contribution in [3.05, 3.63) is 29.3 Å². The lowest BCUT2D eigenvalue weighted by Gasteiger charge is -2.08. The van der Waals surface area contributed by atoms with Crippen molar-refractivity contribution in [3.63, 3.8) is 0 Å². The van der Waals surface area contributed by atoms with Gasteiger partial charge in [-0.2, -0.15) is 0 Å². The van der Waals surface area contributed by atoms with E-state index in [0.717, 1.165) is 36.8 Å². The van der Waals surface area contributed by atoms with Crippen LogP contribution in [-0.4, -0.2) is 18.8 Å². The van der Waals surface area contributed by atoms with Crippen molar-refractivity contribution in [2.24, 2.45) is 0 Å². The van der Waals surface area contributed by atoms with Gasteiger partial charge in [0.15, 0.2) is 0 Å². The van der Waals surface area contributed by atoms with Crippen molar-refractivity contribution in [1.82, 2.24) is 0 Å². The summed E-state index contributed by atoms with van der Waals surface area (Å²) < 4.78 is 11.2. The SMILES string of the molecule is CCC1(CCCCCCOc2ccc(Cl)cc2)CO1. The molecule has 1 aliphatic heterocycles. The number of rotatable bonds is 9. The second-order valence-electron chi connectivity index (χ2n) is 5.29. The highest BCUT2D eigenvalue weighted by molar-refractivity contribution is 6.30. The van der Waals surface area contributed by atoms with E-state index >= 15 is 0 Å². The van der Waals surface area contributed by atoms with Crippen LogP contribution in [0.1, 0.15) is 45.4 Å². The molecule has 1 heterocycles. The van der Waals surface area contributed by atoms with Gasteiger partial charge in [-0.25, -0.2) is 0 Å². The van der Waals surface area contributed by atoms with Gasteiger partial charge in [0.05, 0.1) is 18.8 Å². The summed E-state index contributed by atoms with van der Waals surface area (Å²) in [7, 11) is 0. The number of epoxide rings is 1. The molecule has 1 aliphatic rings. The van der Waals surface area contributed by atoms with Crippen LogP contribution in [0, 0.1) is 0 Å². The lowest BCUT2D eigenvalue weighted by molar-refractivity contribution is 0.270. The van der Waals surface area contributed by atoms with E-state index in [1.54, 1.807) is 0 Å². The van der Waals surface area contributed by atoms with Crippen LogP contribution in [0.4, 0.5) is 0 Å². The maximum absolute atomic E-state index is 5.82. The minimum atomic E-state index is 0.264. The number of hydrogen-bond acceptors (Lipinski definition) is 2. The highest BCUT2D eigenvalue weighted by Crippen LogP contribution is 2.35. The number of hydrogen-bond donors (Lipinski definition) is 0. The second kappa shape index (κ2) is 7.16. The first-order valence-electron chi connectivity index (χ1n) is 7.26. The second-order valence-corrected chi connectivity index (χ2v) is 5.73. The maximum Gasteiger partial charge on any atom is 0.119 e. The van der Waals surface area contributed by atoms with Crippen LogP contribution in [0.15, 0.2) is 24.3 Å². The molecule has 0 aliphatic carbocycles. The average molecular weight is 283 g/mol. The van der Waals surface area contributed by atoms with E-state index < -0.39 is 0 Å². The van der Waals surface area contributed by atoms with E-state index in [2.05, 4.69) is 6.92 Å². The highest BCUT2D eigenvalue weighted by Gasteiger charge is 2.41. The number of benzene rings is 1. The summed E-state index contributed by atoms with van der Waals surface area (Å²) in [6, 6.07) is 7.54. The summed E-state index contributed by atoms with van der Waals surface area (Å²) in [6.45, 7) is 3.98. The van der Waals surface area contributed by atoms with Crippen molar-refractivity contribution < 1.29 is 9.47 Å². The van der Waals surface area contributed by atoms with E-state index in [4.69, 9.17) is 21.1 Å². The Labute approximate surface area is 121 Å². The molecule has 1 aromatic rings. The molecule has 2 nitrogen and oxygen atoms in total. The fourth-order valence-corrected chi connectivity index (χ4v) is 2.38. The average Bonchev–Trinajstić information content (AvgIpc) is 3.20. The molecule has 0 radical (unpaired) electrons. The van der Waals surface area contributed by atoms with Crippen LogP contribution in [0.2, 0.25) is 5.02 Å². The molecule has 0 spiro atoms. The van der Waals surface area contributed by atoms with Gasteiger partial charge in [0.1, 0.15) is 5.75 Å². The zero-order chi connectivity index (χ0) is 13.6. The first kappa shape index (κ1) is 14.7. The normalized spacial score (nSPS) is 21.4. The Balaban J connectivity index is 1.47. The number of ether oxygens (including phenoxy) is 2. The molecule has 3 heteroatoms. The topological polar surface area (TPSA) is 21.8 Å². The van der Waals surface area contributed by atoms with Gasteiger partial charge in [-0.3, -0.25) is 0 Å². The summed E-state index contributed by atoms with van der Waals surface area (Å²) >= 11 is 5.82. The molecule has 1 unspecified atom stereocenters. The Hall–Kier alpha value is -0.730. The molecule has 0 aromatic heterocycles. The van der Waals surface area contributed by atoms with Gasteiger partial charge in [0, 0.05) is 5.02 Å². The Kier molecular flexibility index (Phi) is 5.53. The lowest BCUT2D eigenvalue weighted by atomic mass is 9.99. The van der Waals surface area contributed by atoms with Crippen LogP contribution >= 0.6 is 11.6 Å². The number of unbranched alkanes of at least 4 members (excludes halogenated alkanes) is 3. The van der Waals surface area contributed by atoms with E-state index in [0.29, 0.717) is 0 Å². The van der Waals surface area contributed by atoms with Crippen LogP contribution in [-0.2, 0) is 4.74 Å². The van der Waals surface area contributed by atoms with E-state index in [1.165, 1.54) is 25.7 Å². The van der Waals surface area contributed by atoms with Gasteiger partial charge < -0.3 is 9.47 Å². The quantitative estimate of drug-likeness (QED) is 0.477. The summed E-state index contributed by atoms with van der Waals surface area (Å²) in [5.41, 5.74) is 0.264. The van der Waals surface area contributed by atoms with Gasteiger partial charge in [0.2, 0.25) is 0 Å². The molecule has 0 amide bonds. The summed E-state index contributed by atoms with van der Waals surface area (Å²) in [4.78, 5) is 0. The Morgan fingerprint density at radius 1 is 1.16 bits per heavy atom. The molecule has 0 bridgehead atoms. The van der Waals surface area contributed by atoms with Gasteiger partial charge in [0.25, 0.3) is 0 Å². The fourth-order valence-electron chi connectivity index (χ4n) is 2.25. The van der Waals surface area contributed by atoms with E-state index in [-0.39, 0.29) is 5.60 Å². The summed E-state index contributed by atoms with van der Waals surface area (Å²) in [5.74, 6) is 0.903. The minimum Gasteiger partial charge on any atom is -0.494 e.